The minimum absolute atomic E-state index is 0.327. The fourth-order valence-corrected chi connectivity index (χ4v) is 2.12. The quantitative estimate of drug-likeness (QED) is 0.787. The largest absolute Gasteiger partial charge is 0.391 e. The van der Waals surface area contributed by atoms with Gasteiger partial charge in [-0.2, -0.15) is 16.9 Å². The molecule has 0 amide bonds. The predicted molar refractivity (Wildman–Crippen MR) is 76.9 cm³/mol. The van der Waals surface area contributed by atoms with Gasteiger partial charge in [-0.3, -0.25) is 0 Å². The van der Waals surface area contributed by atoms with Gasteiger partial charge in [0.25, 0.3) is 0 Å². The standard InChI is InChI=1S/C13H25N3OS/c1-5-11(17)9-16-13(6-7-18-4)14-12(15-16)8-10(2)3/h10-11,17H,5-9H2,1-4H3. The molecule has 104 valence electrons. The molecule has 1 atom stereocenters. The molecule has 1 heterocycles. The average molecular weight is 271 g/mol. The highest BCUT2D eigenvalue weighted by Crippen LogP contribution is 2.09. The minimum atomic E-state index is -0.327. The number of hydrogen-bond donors (Lipinski definition) is 1. The summed E-state index contributed by atoms with van der Waals surface area (Å²) in [6.45, 7) is 6.88. The zero-order chi connectivity index (χ0) is 13.5. The number of aliphatic hydroxyl groups is 1. The van der Waals surface area contributed by atoms with Crippen LogP contribution < -0.4 is 0 Å². The molecule has 0 aliphatic rings. The van der Waals surface area contributed by atoms with Crippen LogP contribution >= 0.6 is 11.8 Å². The maximum Gasteiger partial charge on any atom is 0.151 e. The van der Waals surface area contributed by atoms with Gasteiger partial charge in [-0.15, -0.1) is 0 Å². The lowest BCUT2D eigenvalue weighted by molar-refractivity contribution is 0.143. The summed E-state index contributed by atoms with van der Waals surface area (Å²) < 4.78 is 1.89. The third kappa shape index (κ3) is 4.98. The number of rotatable bonds is 8. The van der Waals surface area contributed by atoms with E-state index in [1.807, 2.05) is 23.4 Å². The first-order chi connectivity index (χ1) is 8.56. The van der Waals surface area contributed by atoms with Gasteiger partial charge in [0.1, 0.15) is 5.82 Å². The van der Waals surface area contributed by atoms with Gasteiger partial charge in [-0.05, 0) is 18.6 Å². The smallest absolute Gasteiger partial charge is 0.151 e. The maximum atomic E-state index is 9.76. The lowest BCUT2D eigenvalue weighted by Crippen LogP contribution is -2.18. The van der Waals surface area contributed by atoms with Gasteiger partial charge < -0.3 is 5.11 Å². The van der Waals surface area contributed by atoms with E-state index in [1.54, 1.807) is 0 Å². The first-order valence-corrected chi connectivity index (χ1v) is 8.05. The Morgan fingerprint density at radius 3 is 2.67 bits per heavy atom. The Bertz CT molecular complexity index is 352. The van der Waals surface area contributed by atoms with Crippen LogP contribution in [0.5, 0.6) is 0 Å². The summed E-state index contributed by atoms with van der Waals surface area (Å²) in [4.78, 5) is 4.60. The number of aromatic nitrogens is 3. The van der Waals surface area contributed by atoms with E-state index >= 15 is 0 Å². The molecule has 0 fully saturated rings. The van der Waals surface area contributed by atoms with Gasteiger partial charge in [-0.25, -0.2) is 9.67 Å². The summed E-state index contributed by atoms with van der Waals surface area (Å²) in [7, 11) is 0. The molecule has 0 spiro atoms. The van der Waals surface area contributed by atoms with Crippen molar-refractivity contribution in [3.63, 3.8) is 0 Å². The van der Waals surface area contributed by atoms with E-state index in [4.69, 9.17) is 0 Å². The SMILES string of the molecule is CCC(O)Cn1nc(CC(C)C)nc1CCSC. The molecule has 1 aromatic heterocycles. The Balaban J connectivity index is 2.79. The van der Waals surface area contributed by atoms with Crippen LogP contribution in [0.3, 0.4) is 0 Å². The van der Waals surface area contributed by atoms with Crippen molar-refractivity contribution >= 4 is 11.8 Å². The summed E-state index contributed by atoms with van der Waals surface area (Å²) >= 11 is 1.81. The monoisotopic (exact) mass is 271 g/mol. The highest BCUT2D eigenvalue weighted by Gasteiger charge is 2.13. The van der Waals surface area contributed by atoms with Crippen molar-refractivity contribution < 1.29 is 5.11 Å². The second-order valence-electron chi connectivity index (χ2n) is 5.03. The highest BCUT2D eigenvalue weighted by molar-refractivity contribution is 7.98. The third-order valence-corrected chi connectivity index (χ3v) is 3.38. The van der Waals surface area contributed by atoms with Crippen LogP contribution in [0, 0.1) is 5.92 Å². The van der Waals surface area contributed by atoms with Crippen LogP contribution in [0.25, 0.3) is 0 Å². The first-order valence-electron chi connectivity index (χ1n) is 6.66. The number of thioether (sulfide) groups is 1. The first kappa shape index (κ1) is 15.5. The van der Waals surface area contributed by atoms with Crippen molar-refractivity contribution in [1.82, 2.24) is 14.8 Å². The van der Waals surface area contributed by atoms with E-state index in [9.17, 15) is 5.11 Å². The lowest BCUT2D eigenvalue weighted by Gasteiger charge is -2.09. The van der Waals surface area contributed by atoms with Gasteiger partial charge in [0, 0.05) is 18.6 Å². The van der Waals surface area contributed by atoms with Crippen molar-refractivity contribution in [2.75, 3.05) is 12.0 Å². The van der Waals surface area contributed by atoms with Crippen LogP contribution in [0.1, 0.15) is 38.8 Å². The molecule has 1 unspecified atom stereocenters. The molecule has 5 heteroatoms. The maximum absolute atomic E-state index is 9.76. The second-order valence-corrected chi connectivity index (χ2v) is 6.01. The van der Waals surface area contributed by atoms with Gasteiger partial charge in [0.15, 0.2) is 5.82 Å². The molecule has 1 aromatic rings. The van der Waals surface area contributed by atoms with Crippen molar-refractivity contribution in [2.24, 2.45) is 5.92 Å². The molecule has 18 heavy (non-hydrogen) atoms. The van der Waals surface area contributed by atoms with Crippen LogP contribution in [-0.4, -0.2) is 38.0 Å². The molecule has 0 aliphatic carbocycles. The average Bonchev–Trinajstić information content (AvgIpc) is 2.67. The fourth-order valence-electron chi connectivity index (χ4n) is 1.73. The van der Waals surface area contributed by atoms with E-state index in [1.165, 1.54) is 0 Å². The predicted octanol–water partition coefficient (Wildman–Crippen LogP) is 2.15. The van der Waals surface area contributed by atoms with Crippen molar-refractivity contribution in [3.8, 4) is 0 Å². The van der Waals surface area contributed by atoms with Crippen LogP contribution in [-0.2, 0) is 19.4 Å². The normalized spacial score (nSPS) is 13.2. The van der Waals surface area contributed by atoms with E-state index in [0.29, 0.717) is 12.5 Å². The molecule has 1 rings (SSSR count). The zero-order valence-electron chi connectivity index (χ0n) is 11.9. The van der Waals surface area contributed by atoms with Crippen LogP contribution in [0.4, 0.5) is 0 Å². The van der Waals surface area contributed by atoms with Crippen LogP contribution in [0.15, 0.2) is 0 Å². The molecule has 0 saturated heterocycles. The summed E-state index contributed by atoms with van der Waals surface area (Å²) in [6, 6.07) is 0. The van der Waals surface area contributed by atoms with Crippen molar-refractivity contribution in [1.29, 1.82) is 0 Å². The van der Waals surface area contributed by atoms with E-state index in [0.717, 1.165) is 36.7 Å². The second kappa shape index (κ2) is 7.79. The molecular formula is C13H25N3OS. The molecule has 0 radical (unpaired) electrons. The molecule has 0 aromatic carbocycles. The Kier molecular flexibility index (Phi) is 6.71. The number of aryl methyl sites for hydroxylation is 1. The molecule has 0 aliphatic heterocycles. The molecule has 0 saturated carbocycles. The Morgan fingerprint density at radius 1 is 1.39 bits per heavy atom. The summed E-state index contributed by atoms with van der Waals surface area (Å²) in [5.41, 5.74) is 0. The van der Waals surface area contributed by atoms with Crippen molar-refractivity contribution in [3.05, 3.63) is 11.6 Å². The molecule has 4 nitrogen and oxygen atoms in total. The van der Waals surface area contributed by atoms with E-state index < -0.39 is 0 Å². The van der Waals surface area contributed by atoms with Gasteiger partial charge in [-0.1, -0.05) is 20.8 Å². The van der Waals surface area contributed by atoms with Crippen molar-refractivity contribution in [2.45, 2.75) is 52.7 Å². The zero-order valence-corrected chi connectivity index (χ0v) is 12.7. The van der Waals surface area contributed by atoms with Crippen LogP contribution in [0.2, 0.25) is 0 Å². The van der Waals surface area contributed by atoms with E-state index in [2.05, 4.69) is 30.2 Å². The van der Waals surface area contributed by atoms with E-state index in [-0.39, 0.29) is 6.10 Å². The number of hydrogen-bond acceptors (Lipinski definition) is 4. The van der Waals surface area contributed by atoms with Gasteiger partial charge in [0.2, 0.25) is 0 Å². The summed E-state index contributed by atoms with van der Waals surface area (Å²) in [6.07, 6.45) is 4.34. The Morgan fingerprint density at radius 2 is 2.11 bits per heavy atom. The number of aliphatic hydroxyl groups excluding tert-OH is 1. The fraction of sp³-hybridized carbons (Fsp3) is 0.846. The van der Waals surface area contributed by atoms with Gasteiger partial charge >= 0.3 is 0 Å². The Labute approximate surface area is 114 Å². The Hall–Kier alpha value is -0.550. The molecular weight excluding hydrogens is 246 g/mol. The number of nitrogens with zero attached hydrogens (tertiary/aromatic N) is 3. The topological polar surface area (TPSA) is 50.9 Å². The third-order valence-electron chi connectivity index (χ3n) is 2.77. The molecule has 0 bridgehead atoms. The van der Waals surface area contributed by atoms with Gasteiger partial charge in [0.05, 0.1) is 12.6 Å². The summed E-state index contributed by atoms with van der Waals surface area (Å²) in [5, 5.41) is 14.3. The lowest BCUT2D eigenvalue weighted by atomic mass is 10.1. The molecule has 1 N–H and O–H groups in total. The highest BCUT2D eigenvalue weighted by atomic mass is 32.2. The minimum Gasteiger partial charge on any atom is -0.391 e. The summed E-state index contributed by atoms with van der Waals surface area (Å²) in [5.74, 6) is 3.52.